The largest absolute Gasteiger partial charge is 0.0804 e. The molecular formula is C13H20. The van der Waals surface area contributed by atoms with E-state index in [1.54, 1.807) is 5.57 Å². The fraction of sp³-hybridized carbons (Fsp3) is 0.692. The minimum Gasteiger partial charge on any atom is -0.0804 e. The molecule has 2 aliphatic carbocycles. The third kappa shape index (κ3) is 1.37. The SMILES string of the molecule is CC(C)C1(C2=CCC=C2)CCCC1. The Balaban J connectivity index is 2.27. The zero-order valence-electron chi connectivity index (χ0n) is 8.84. The molecule has 1 saturated carbocycles. The number of allylic oxidation sites excluding steroid dienone is 4. The summed E-state index contributed by atoms with van der Waals surface area (Å²) in [5.41, 5.74) is 2.19. The first-order chi connectivity index (χ1) is 6.26. The van der Waals surface area contributed by atoms with Crippen molar-refractivity contribution in [2.24, 2.45) is 11.3 Å². The molecule has 0 radical (unpaired) electrons. The van der Waals surface area contributed by atoms with Crippen LogP contribution in [0.15, 0.2) is 23.8 Å². The van der Waals surface area contributed by atoms with Crippen molar-refractivity contribution in [3.05, 3.63) is 23.8 Å². The van der Waals surface area contributed by atoms with Gasteiger partial charge in [0, 0.05) is 0 Å². The van der Waals surface area contributed by atoms with Gasteiger partial charge in [0.2, 0.25) is 0 Å². The highest BCUT2D eigenvalue weighted by Gasteiger charge is 2.39. The van der Waals surface area contributed by atoms with Gasteiger partial charge in [-0.05, 0) is 36.2 Å². The minimum absolute atomic E-state index is 0.549. The Morgan fingerprint density at radius 3 is 2.38 bits per heavy atom. The Morgan fingerprint density at radius 2 is 1.92 bits per heavy atom. The summed E-state index contributed by atoms with van der Waals surface area (Å²) in [6.45, 7) is 4.77. The summed E-state index contributed by atoms with van der Waals surface area (Å²) in [6.07, 6.45) is 14.0. The van der Waals surface area contributed by atoms with Gasteiger partial charge in [0.1, 0.15) is 0 Å². The van der Waals surface area contributed by atoms with Gasteiger partial charge in [-0.1, -0.05) is 44.9 Å². The van der Waals surface area contributed by atoms with E-state index >= 15 is 0 Å². The molecule has 0 amide bonds. The van der Waals surface area contributed by atoms with Gasteiger partial charge in [-0.2, -0.15) is 0 Å². The van der Waals surface area contributed by atoms with Gasteiger partial charge in [0.15, 0.2) is 0 Å². The molecule has 0 unspecified atom stereocenters. The first kappa shape index (κ1) is 9.05. The highest BCUT2D eigenvalue weighted by Crippen LogP contribution is 2.51. The van der Waals surface area contributed by atoms with E-state index < -0.39 is 0 Å². The fourth-order valence-electron chi connectivity index (χ4n) is 3.03. The molecule has 0 bridgehead atoms. The first-order valence-corrected chi connectivity index (χ1v) is 5.63. The van der Waals surface area contributed by atoms with Crippen molar-refractivity contribution >= 4 is 0 Å². The van der Waals surface area contributed by atoms with Crippen molar-refractivity contribution in [3.8, 4) is 0 Å². The van der Waals surface area contributed by atoms with Crippen LogP contribution >= 0.6 is 0 Å². The molecule has 0 aromatic rings. The topological polar surface area (TPSA) is 0 Å². The van der Waals surface area contributed by atoms with E-state index in [1.165, 1.54) is 32.1 Å². The summed E-state index contributed by atoms with van der Waals surface area (Å²) >= 11 is 0. The Morgan fingerprint density at radius 1 is 1.23 bits per heavy atom. The molecule has 0 aromatic heterocycles. The molecule has 0 N–H and O–H groups in total. The lowest BCUT2D eigenvalue weighted by Crippen LogP contribution is -2.24. The van der Waals surface area contributed by atoms with Crippen molar-refractivity contribution < 1.29 is 0 Å². The summed E-state index contributed by atoms with van der Waals surface area (Å²) in [6, 6.07) is 0. The quantitative estimate of drug-likeness (QED) is 0.594. The second kappa shape index (κ2) is 3.32. The molecule has 72 valence electrons. The molecule has 2 rings (SSSR count). The van der Waals surface area contributed by atoms with Crippen molar-refractivity contribution in [3.63, 3.8) is 0 Å². The molecule has 0 saturated heterocycles. The molecular weight excluding hydrogens is 156 g/mol. The fourth-order valence-corrected chi connectivity index (χ4v) is 3.03. The van der Waals surface area contributed by atoms with E-state index in [9.17, 15) is 0 Å². The van der Waals surface area contributed by atoms with Crippen molar-refractivity contribution in [2.75, 3.05) is 0 Å². The van der Waals surface area contributed by atoms with E-state index in [1.807, 2.05) is 0 Å². The second-order valence-corrected chi connectivity index (χ2v) is 4.82. The minimum atomic E-state index is 0.549. The van der Waals surface area contributed by atoms with Crippen LogP contribution in [-0.4, -0.2) is 0 Å². The second-order valence-electron chi connectivity index (χ2n) is 4.82. The zero-order valence-corrected chi connectivity index (χ0v) is 8.84. The van der Waals surface area contributed by atoms with E-state index in [-0.39, 0.29) is 0 Å². The number of hydrogen-bond acceptors (Lipinski definition) is 0. The van der Waals surface area contributed by atoms with Crippen LogP contribution in [0.1, 0.15) is 46.0 Å². The summed E-state index contributed by atoms with van der Waals surface area (Å²) < 4.78 is 0. The summed E-state index contributed by atoms with van der Waals surface area (Å²) in [5, 5.41) is 0. The third-order valence-corrected chi connectivity index (χ3v) is 3.95. The van der Waals surface area contributed by atoms with Gasteiger partial charge in [-0.25, -0.2) is 0 Å². The maximum Gasteiger partial charge on any atom is -0.00272 e. The summed E-state index contributed by atoms with van der Waals surface area (Å²) in [4.78, 5) is 0. The first-order valence-electron chi connectivity index (χ1n) is 5.63. The van der Waals surface area contributed by atoms with Crippen molar-refractivity contribution in [1.29, 1.82) is 0 Å². The van der Waals surface area contributed by atoms with Crippen LogP contribution in [0.4, 0.5) is 0 Å². The summed E-state index contributed by atoms with van der Waals surface area (Å²) in [7, 11) is 0. The normalized spacial score (nSPS) is 25.6. The smallest absolute Gasteiger partial charge is 0.00272 e. The van der Waals surface area contributed by atoms with Gasteiger partial charge in [-0.15, -0.1) is 0 Å². The van der Waals surface area contributed by atoms with E-state index in [4.69, 9.17) is 0 Å². The average Bonchev–Trinajstić information content (AvgIpc) is 2.75. The lowest BCUT2D eigenvalue weighted by Gasteiger charge is -2.34. The van der Waals surface area contributed by atoms with E-state index in [2.05, 4.69) is 32.1 Å². The van der Waals surface area contributed by atoms with E-state index in [0.29, 0.717) is 5.41 Å². The number of hydrogen-bond donors (Lipinski definition) is 0. The average molecular weight is 176 g/mol. The molecule has 0 nitrogen and oxygen atoms in total. The van der Waals surface area contributed by atoms with Crippen LogP contribution in [0.25, 0.3) is 0 Å². The number of rotatable bonds is 2. The summed E-state index contributed by atoms with van der Waals surface area (Å²) in [5.74, 6) is 0.809. The van der Waals surface area contributed by atoms with Crippen LogP contribution in [0.2, 0.25) is 0 Å². The molecule has 13 heavy (non-hydrogen) atoms. The Hall–Kier alpha value is -0.520. The van der Waals surface area contributed by atoms with Gasteiger partial charge in [-0.3, -0.25) is 0 Å². The van der Waals surface area contributed by atoms with Crippen LogP contribution in [0.3, 0.4) is 0 Å². The molecule has 0 atom stereocenters. The van der Waals surface area contributed by atoms with Crippen LogP contribution < -0.4 is 0 Å². The highest BCUT2D eigenvalue weighted by atomic mass is 14.4. The van der Waals surface area contributed by atoms with Gasteiger partial charge in [0.25, 0.3) is 0 Å². The molecule has 1 fully saturated rings. The Kier molecular flexibility index (Phi) is 2.31. The van der Waals surface area contributed by atoms with E-state index in [0.717, 1.165) is 5.92 Å². The monoisotopic (exact) mass is 176 g/mol. The molecule has 0 aromatic carbocycles. The maximum absolute atomic E-state index is 2.44. The highest BCUT2D eigenvalue weighted by molar-refractivity contribution is 5.34. The standard InChI is InChI=1S/C13H20/c1-11(2)13(9-5-6-10-13)12-7-3-4-8-12/h3,7-8,11H,4-6,9-10H2,1-2H3. The van der Waals surface area contributed by atoms with Crippen LogP contribution in [-0.2, 0) is 0 Å². The predicted octanol–water partition coefficient (Wildman–Crippen LogP) is 4.09. The molecule has 2 aliphatic rings. The Bertz CT molecular complexity index is 237. The van der Waals surface area contributed by atoms with Crippen LogP contribution in [0.5, 0.6) is 0 Å². The molecule has 0 spiro atoms. The zero-order chi connectivity index (χ0) is 9.31. The van der Waals surface area contributed by atoms with Gasteiger partial charge >= 0.3 is 0 Å². The van der Waals surface area contributed by atoms with Crippen molar-refractivity contribution in [1.82, 2.24) is 0 Å². The molecule has 0 aliphatic heterocycles. The predicted molar refractivity (Wildman–Crippen MR) is 57.6 cm³/mol. The Labute approximate surface area is 81.7 Å². The molecule has 0 heteroatoms. The van der Waals surface area contributed by atoms with Gasteiger partial charge in [0.05, 0.1) is 0 Å². The molecule has 0 heterocycles. The maximum atomic E-state index is 2.44. The lowest BCUT2D eigenvalue weighted by atomic mass is 9.70. The lowest BCUT2D eigenvalue weighted by molar-refractivity contribution is 0.260. The third-order valence-electron chi connectivity index (χ3n) is 3.95. The van der Waals surface area contributed by atoms with Gasteiger partial charge < -0.3 is 0 Å². The van der Waals surface area contributed by atoms with Crippen molar-refractivity contribution in [2.45, 2.75) is 46.0 Å². The van der Waals surface area contributed by atoms with Crippen LogP contribution in [0, 0.1) is 11.3 Å².